The molecule has 0 saturated carbocycles. The van der Waals surface area contributed by atoms with Crippen LogP contribution in [-0.2, 0) is 7.05 Å². The molecule has 5 nitrogen and oxygen atoms in total. The maximum absolute atomic E-state index is 8.87. The molecule has 10 heavy (non-hydrogen) atoms. The van der Waals surface area contributed by atoms with Gasteiger partial charge in [-0.25, -0.2) is 5.14 Å². The summed E-state index contributed by atoms with van der Waals surface area (Å²) in [4.78, 5) is 0.259. The average Bonchev–Trinajstić information content (AvgIpc) is 2.11. The maximum atomic E-state index is 8.87. The van der Waals surface area contributed by atoms with Gasteiger partial charge in [-0.05, 0) is 0 Å². The molecule has 0 aliphatic heterocycles. The van der Waals surface area contributed by atoms with Crippen LogP contribution in [0.1, 0.15) is 0 Å². The van der Waals surface area contributed by atoms with Crippen LogP contribution in [0.3, 0.4) is 0 Å². The molecule has 6 heteroatoms. The molecule has 0 radical (unpaired) electrons. The zero-order chi connectivity index (χ0) is 7.78. The molecule has 0 bridgehead atoms. The molecule has 0 spiro atoms. The van der Waals surface area contributed by atoms with Gasteiger partial charge in [0.2, 0.25) is 0 Å². The highest BCUT2D eigenvalue weighted by Gasteiger charge is 2.09. The molecule has 0 saturated heterocycles. The Morgan fingerprint density at radius 2 is 2.30 bits per heavy atom. The molecule has 0 atom stereocenters. The normalized spacial score (nSPS) is 13.6. The van der Waals surface area contributed by atoms with Gasteiger partial charge in [-0.2, -0.15) is 5.10 Å². The van der Waals surface area contributed by atoms with E-state index >= 15 is 0 Å². The average molecular weight is 163 g/mol. The van der Waals surface area contributed by atoms with Gasteiger partial charge in [0, 0.05) is 13.2 Å². The van der Waals surface area contributed by atoms with E-state index in [1.54, 1.807) is 7.05 Å². The Hall–Kier alpha value is -0.560. The summed E-state index contributed by atoms with van der Waals surface area (Å²) in [5.74, 6) is 0. The first-order valence-electron chi connectivity index (χ1n) is 2.55. The third kappa shape index (κ3) is 1.48. The van der Waals surface area contributed by atoms with Crippen molar-refractivity contribution >= 4 is 10.8 Å². The van der Waals surface area contributed by atoms with E-state index in [-0.39, 0.29) is 4.90 Å². The van der Waals surface area contributed by atoms with Gasteiger partial charge in [0.1, 0.15) is 4.90 Å². The molecule has 0 fully saturated rings. The van der Waals surface area contributed by atoms with E-state index in [9.17, 15) is 0 Å². The second-order valence-electron chi connectivity index (χ2n) is 1.94. The summed E-state index contributed by atoms with van der Waals surface area (Å²) in [6.07, 6.45) is 2.80. The first kappa shape index (κ1) is 7.55. The standard InChI is InChI=1S/C4H9N3O2S/c1-7-3-4(2-6-7)10(5,8)9/h2-3,8-9H,5H2,1H3. The SMILES string of the molecule is Cn1cc(S(N)(O)O)cn1. The first-order chi connectivity index (χ1) is 4.50. The van der Waals surface area contributed by atoms with Crippen LogP contribution >= 0.6 is 10.8 Å². The zero-order valence-corrected chi connectivity index (χ0v) is 6.25. The second-order valence-corrected chi connectivity index (χ2v) is 3.60. The van der Waals surface area contributed by atoms with Crippen LogP contribution in [0.15, 0.2) is 17.3 Å². The van der Waals surface area contributed by atoms with Crippen LogP contribution in [0.2, 0.25) is 0 Å². The van der Waals surface area contributed by atoms with Gasteiger partial charge in [0.15, 0.2) is 0 Å². The lowest BCUT2D eigenvalue weighted by molar-refractivity contribution is 0.489. The van der Waals surface area contributed by atoms with Crippen molar-refractivity contribution < 1.29 is 9.11 Å². The van der Waals surface area contributed by atoms with Crippen molar-refractivity contribution in [3.05, 3.63) is 12.4 Å². The maximum Gasteiger partial charge on any atom is 0.113 e. The Morgan fingerprint density at radius 3 is 2.50 bits per heavy atom. The van der Waals surface area contributed by atoms with Crippen LogP contribution in [0.4, 0.5) is 0 Å². The molecule has 1 aromatic rings. The molecule has 1 heterocycles. The molecular weight excluding hydrogens is 154 g/mol. The number of hydrogen-bond acceptors (Lipinski definition) is 4. The van der Waals surface area contributed by atoms with Gasteiger partial charge in [-0.15, -0.1) is 10.8 Å². The third-order valence-electron chi connectivity index (χ3n) is 1.03. The van der Waals surface area contributed by atoms with Crippen LogP contribution in [-0.4, -0.2) is 18.9 Å². The lowest BCUT2D eigenvalue weighted by Gasteiger charge is -2.23. The van der Waals surface area contributed by atoms with Gasteiger partial charge < -0.3 is 0 Å². The summed E-state index contributed by atoms with van der Waals surface area (Å²) < 4.78 is 19.2. The fourth-order valence-electron chi connectivity index (χ4n) is 0.554. The highest BCUT2D eigenvalue weighted by molar-refractivity contribution is 8.22. The minimum Gasteiger partial charge on any atom is -0.282 e. The van der Waals surface area contributed by atoms with Gasteiger partial charge in [-0.1, -0.05) is 0 Å². The van der Waals surface area contributed by atoms with Crippen molar-refractivity contribution in [2.75, 3.05) is 0 Å². The molecule has 1 aromatic heterocycles. The lowest BCUT2D eigenvalue weighted by atomic mass is 10.7. The molecule has 0 aromatic carbocycles. The highest BCUT2D eigenvalue weighted by atomic mass is 32.3. The molecule has 0 aliphatic carbocycles. The van der Waals surface area contributed by atoms with Crippen LogP contribution in [0.25, 0.3) is 0 Å². The molecule has 0 amide bonds. The monoisotopic (exact) mass is 163 g/mol. The second kappa shape index (κ2) is 2.24. The number of nitrogens with zero attached hydrogens (tertiary/aromatic N) is 2. The molecule has 4 N–H and O–H groups in total. The molecule has 0 unspecified atom stereocenters. The van der Waals surface area contributed by atoms with Crippen molar-refractivity contribution in [2.45, 2.75) is 4.90 Å². The quantitative estimate of drug-likeness (QED) is 0.559. The van der Waals surface area contributed by atoms with E-state index in [0.29, 0.717) is 0 Å². The number of hydrogen-bond donors (Lipinski definition) is 3. The summed E-state index contributed by atoms with van der Waals surface area (Å²) in [5, 5.41) is 8.73. The fraction of sp³-hybridized carbons (Fsp3) is 0.250. The van der Waals surface area contributed by atoms with Crippen molar-refractivity contribution in [1.82, 2.24) is 9.78 Å². The van der Waals surface area contributed by atoms with E-state index in [1.165, 1.54) is 17.1 Å². The van der Waals surface area contributed by atoms with Crippen LogP contribution in [0.5, 0.6) is 0 Å². The largest absolute Gasteiger partial charge is 0.282 e. The smallest absolute Gasteiger partial charge is 0.113 e. The van der Waals surface area contributed by atoms with E-state index < -0.39 is 10.8 Å². The number of aryl methyl sites for hydroxylation is 1. The Labute approximate surface area is 59.9 Å². The predicted molar refractivity (Wildman–Crippen MR) is 38.5 cm³/mol. The van der Waals surface area contributed by atoms with Gasteiger partial charge in [-0.3, -0.25) is 13.8 Å². The number of aromatic nitrogens is 2. The number of nitrogens with two attached hydrogens (primary N) is 1. The number of rotatable bonds is 1. The van der Waals surface area contributed by atoms with Crippen molar-refractivity contribution in [2.24, 2.45) is 12.2 Å². The van der Waals surface area contributed by atoms with Gasteiger partial charge in [0.05, 0.1) is 6.20 Å². The van der Waals surface area contributed by atoms with E-state index in [1.807, 2.05) is 0 Å². The van der Waals surface area contributed by atoms with E-state index in [4.69, 9.17) is 14.2 Å². The van der Waals surface area contributed by atoms with E-state index in [0.717, 1.165) is 0 Å². The topological polar surface area (TPSA) is 84.3 Å². The highest BCUT2D eigenvalue weighted by Crippen LogP contribution is 2.38. The molecular formula is C4H9N3O2S. The van der Waals surface area contributed by atoms with Crippen molar-refractivity contribution in [1.29, 1.82) is 0 Å². The van der Waals surface area contributed by atoms with Crippen LogP contribution < -0.4 is 5.14 Å². The van der Waals surface area contributed by atoms with Crippen molar-refractivity contribution in [3.8, 4) is 0 Å². The molecule has 1 rings (SSSR count). The summed E-state index contributed by atoms with van der Waals surface area (Å²) in [7, 11) is -1.39. The summed E-state index contributed by atoms with van der Waals surface area (Å²) in [5.41, 5.74) is 0. The zero-order valence-electron chi connectivity index (χ0n) is 5.43. The fourth-order valence-corrected chi connectivity index (χ4v) is 1.06. The van der Waals surface area contributed by atoms with Crippen LogP contribution in [0, 0.1) is 0 Å². The van der Waals surface area contributed by atoms with Gasteiger partial charge >= 0.3 is 0 Å². The Bertz CT molecular complexity index is 229. The van der Waals surface area contributed by atoms with Crippen molar-refractivity contribution in [3.63, 3.8) is 0 Å². The van der Waals surface area contributed by atoms with Gasteiger partial charge in [0.25, 0.3) is 0 Å². The third-order valence-corrected chi connectivity index (χ3v) is 1.93. The predicted octanol–water partition coefficient (Wildman–Crippen LogP) is 0.403. The minimum atomic E-state index is -3.07. The summed E-state index contributed by atoms with van der Waals surface area (Å²) in [6.45, 7) is 0. The minimum absolute atomic E-state index is 0.259. The first-order valence-corrected chi connectivity index (χ1v) is 4.16. The van der Waals surface area contributed by atoms with E-state index in [2.05, 4.69) is 5.10 Å². The molecule has 0 aliphatic rings. The summed E-state index contributed by atoms with van der Waals surface area (Å²) in [6, 6.07) is 0. The Balaban J connectivity index is 2.96. The lowest BCUT2D eigenvalue weighted by Crippen LogP contribution is -2.07. The summed E-state index contributed by atoms with van der Waals surface area (Å²) >= 11 is 0. The Morgan fingerprint density at radius 1 is 1.70 bits per heavy atom. The molecule has 58 valence electrons. The Kier molecular flexibility index (Phi) is 1.69.